The van der Waals surface area contributed by atoms with Crippen LogP contribution in [0.3, 0.4) is 0 Å². The normalized spacial score (nSPS) is 33.0. The molecule has 1 aliphatic heterocycles. The number of piperidine rings is 1. The number of benzene rings is 1. The van der Waals surface area contributed by atoms with Crippen LogP contribution in [0.5, 0.6) is 0 Å². The predicted octanol–water partition coefficient (Wildman–Crippen LogP) is 3.10. The number of hydrogen-bond acceptors (Lipinski definition) is 2. The Bertz CT molecular complexity index is 434. The second kappa shape index (κ2) is 5.12. The van der Waals surface area contributed by atoms with Gasteiger partial charge in [-0.3, -0.25) is 0 Å². The first-order chi connectivity index (χ1) is 8.57. The van der Waals surface area contributed by atoms with Gasteiger partial charge in [0.05, 0.1) is 11.5 Å². The number of nitrogens with zero attached hydrogens (tertiary/aromatic N) is 2. The Labute approximate surface area is 110 Å². The Morgan fingerprint density at radius 2 is 2.00 bits per heavy atom. The molecule has 0 amide bonds. The second-order valence-corrected chi connectivity index (χ2v) is 5.82. The van der Waals surface area contributed by atoms with E-state index >= 15 is 0 Å². The highest BCUT2D eigenvalue weighted by Gasteiger charge is 2.42. The van der Waals surface area contributed by atoms with E-state index in [9.17, 15) is 5.26 Å². The van der Waals surface area contributed by atoms with E-state index in [1.807, 2.05) is 6.07 Å². The maximum Gasteiger partial charge on any atom is 0.0697 e. The van der Waals surface area contributed by atoms with Crippen molar-refractivity contribution in [3.8, 4) is 6.07 Å². The highest BCUT2D eigenvalue weighted by molar-refractivity contribution is 5.21. The molecular formula is C16H22N2. The summed E-state index contributed by atoms with van der Waals surface area (Å²) in [5.41, 5.74) is 1.08. The van der Waals surface area contributed by atoms with Crippen LogP contribution in [-0.4, -0.2) is 24.5 Å². The largest absolute Gasteiger partial charge is 0.303 e. The Hall–Kier alpha value is -1.33. The number of hydrogen-bond donors (Lipinski definition) is 0. The zero-order valence-electron chi connectivity index (χ0n) is 11.6. The summed E-state index contributed by atoms with van der Waals surface area (Å²) in [5, 5.41) is 9.71. The summed E-state index contributed by atoms with van der Waals surface area (Å²) in [4.78, 5) is 2.37. The molecule has 0 radical (unpaired) electrons. The van der Waals surface area contributed by atoms with E-state index < -0.39 is 0 Å². The van der Waals surface area contributed by atoms with Gasteiger partial charge < -0.3 is 4.90 Å². The van der Waals surface area contributed by atoms with Gasteiger partial charge in [0.25, 0.3) is 0 Å². The van der Waals surface area contributed by atoms with Gasteiger partial charge in [-0.15, -0.1) is 0 Å². The van der Waals surface area contributed by atoms with Crippen molar-refractivity contribution in [1.82, 2.24) is 4.90 Å². The summed E-state index contributed by atoms with van der Waals surface area (Å²) in [5.74, 6) is 0.420. The molecule has 0 aliphatic carbocycles. The fourth-order valence-electron chi connectivity index (χ4n) is 3.07. The summed E-state index contributed by atoms with van der Waals surface area (Å²) in [7, 11) is 2.16. The third kappa shape index (κ3) is 2.42. The molecule has 1 aromatic rings. The Kier molecular flexibility index (Phi) is 3.73. The lowest BCUT2D eigenvalue weighted by molar-refractivity contribution is 0.0594. The van der Waals surface area contributed by atoms with Gasteiger partial charge in [-0.1, -0.05) is 37.3 Å². The molecule has 18 heavy (non-hydrogen) atoms. The number of likely N-dealkylation sites (tertiary alicyclic amines) is 1. The van der Waals surface area contributed by atoms with E-state index in [0.717, 1.165) is 19.4 Å². The molecule has 0 bridgehead atoms. The zero-order chi connectivity index (χ0) is 13.2. The Morgan fingerprint density at radius 3 is 2.61 bits per heavy atom. The first-order valence-corrected chi connectivity index (χ1v) is 6.73. The number of nitriles is 1. The van der Waals surface area contributed by atoms with Crippen LogP contribution in [0.15, 0.2) is 30.3 Å². The minimum atomic E-state index is -0.201. The lowest BCUT2D eigenvalue weighted by Gasteiger charge is -2.45. The minimum absolute atomic E-state index is 0.201. The van der Waals surface area contributed by atoms with Crippen molar-refractivity contribution in [1.29, 1.82) is 5.26 Å². The van der Waals surface area contributed by atoms with Gasteiger partial charge in [-0.25, -0.2) is 0 Å². The summed E-state index contributed by atoms with van der Waals surface area (Å²) >= 11 is 0. The number of rotatable bonds is 2. The zero-order valence-corrected chi connectivity index (χ0v) is 11.6. The Morgan fingerprint density at radius 1 is 1.33 bits per heavy atom. The molecule has 1 fully saturated rings. The molecule has 1 saturated heterocycles. The first kappa shape index (κ1) is 13.1. The fraction of sp³-hybridized carbons (Fsp3) is 0.562. The molecule has 2 rings (SSSR count). The fourth-order valence-corrected chi connectivity index (χ4v) is 3.07. The van der Waals surface area contributed by atoms with Crippen molar-refractivity contribution in [2.75, 3.05) is 13.6 Å². The highest BCUT2D eigenvalue weighted by atomic mass is 15.1. The van der Waals surface area contributed by atoms with E-state index in [-0.39, 0.29) is 5.41 Å². The second-order valence-electron chi connectivity index (χ2n) is 5.82. The first-order valence-electron chi connectivity index (χ1n) is 6.73. The molecule has 2 nitrogen and oxygen atoms in total. The molecule has 1 heterocycles. The van der Waals surface area contributed by atoms with Crippen LogP contribution >= 0.6 is 0 Å². The molecule has 0 N–H and O–H groups in total. The van der Waals surface area contributed by atoms with Gasteiger partial charge in [0.15, 0.2) is 0 Å². The molecule has 1 aliphatic rings. The smallest absolute Gasteiger partial charge is 0.0697 e. The summed E-state index contributed by atoms with van der Waals surface area (Å²) in [6.45, 7) is 5.46. The van der Waals surface area contributed by atoms with Crippen LogP contribution in [0, 0.1) is 22.7 Å². The van der Waals surface area contributed by atoms with E-state index in [2.05, 4.69) is 56.1 Å². The summed E-state index contributed by atoms with van der Waals surface area (Å²) < 4.78 is 0. The molecule has 1 aromatic carbocycles. The average molecular weight is 242 g/mol. The van der Waals surface area contributed by atoms with Crippen LogP contribution in [-0.2, 0) is 6.42 Å². The standard InChI is InChI=1S/C16H22N2/c1-13-11-18(3)14(2)9-16(13,12-17)10-15-7-5-4-6-8-15/h4-8,13-14H,9-11H2,1-3H3/t13-,14-,16+/m1/s1. The third-order valence-corrected chi connectivity index (χ3v) is 4.50. The van der Waals surface area contributed by atoms with E-state index in [1.165, 1.54) is 5.56 Å². The van der Waals surface area contributed by atoms with Crippen molar-refractivity contribution in [3.63, 3.8) is 0 Å². The molecule has 0 saturated carbocycles. The van der Waals surface area contributed by atoms with Crippen LogP contribution in [0.2, 0.25) is 0 Å². The van der Waals surface area contributed by atoms with Gasteiger partial charge in [-0.2, -0.15) is 5.26 Å². The van der Waals surface area contributed by atoms with Crippen LogP contribution in [0.4, 0.5) is 0 Å². The molecular weight excluding hydrogens is 220 g/mol. The molecule has 3 atom stereocenters. The van der Waals surface area contributed by atoms with Crippen molar-refractivity contribution in [3.05, 3.63) is 35.9 Å². The highest BCUT2D eigenvalue weighted by Crippen LogP contribution is 2.41. The SMILES string of the molecule is C[C@@H]1C[C@@](C#N)(Cc2ccccc2)[C@H](C)CN1C. The molecule has 2 heteroatoms. The van der Waals surface area contributed by atoms with E-state index in [1.54, 1.807) is 0 Å². The summed E-state index contributed by atoms with van der Waals surface area (Å²) in [6.07, 6.45) is 1.85. The molecule has 0 spiro atoms. The Balaban J connectivity index is 2.23. The lowest BCUT2D eigenvalue weighted by Crippen LogP contribution is -2.49. The maximum absolute atomic E-state index is 9.71. The van der Waals surface area contributed by atoms with Crippen molar-refractivity contribution in [2.24, 2.45) is 11.3 Å². The van der Waals surface area contributed by atoms with Gasteiger partial charge >= 0.3 is 0 Å². The maximum atomic E-state index is 9.71. The van der Waals surface area contributed by atoms with Crippen LogP contribution in [0.1, 0.15) is 25.8 Å². The summed E-state index contributed by atoms with van der Waals surface area (Å²) in [6, 6.07) is 13.5. The lowest BCUT2D eigenvalue weighted by atomic mass is 9.66. The predicted molar refractivity (Wildman–Crippen MR) is 74.1 cm³/mol. The van der Waals surface area contributed by atoms with Gasteiger partial charge in [0, 0.05) is 12.6 Å². The minimum Gasteiger partial charge on any atom is -0.303 e. The van der Waals surface area contributed by atoms with Crippen molar-refractivity contribution >= 4 is 0 Å². The molecule has 0 unspecified atom stereocenters. The van der Waals surface area contributed by atoms with Gasteiger partial charge in [-0.05, 0) is 38.3 Å². The molecule has 96 valence electrons. The average Bonchev–Trinajstić information content (AvgIpc) is 2.37. The van der Waals surface area contributed by atoms with Gasteiger partial charge in [0.2, 0.25) is 0 Å². The molecule has 0 aromatic heterocycles. The van der Waals surface area contributed by atoms with E-state index in [4.69, 9.17) is 0 Å². The van der Waals surface area contributed by atoms with Crippen LogP contribution in [0.25, 0.3) is 0 Å². The van der Waals surface area contributed by atoms with Gasteiger partial charge in [0.1, 0.15) is 0 Å². The monoisotopic (exact) mass is 242 g/mol. The van der Waals surface area contributed by atoms with Crippen molar-refractivity contribution < 1.29 is 0 Å². The van der Waals surface area contributed by atoms with E-state index in [0.29, 0.717) is 12.0 Å². The topological polar surface area (TPSA) is 27.0 Å². The quantitative estimate of drug-likeness (QED) is 0.797. The van der Waals surface area contributed by atoms with Crippen LogP contribution < -0.4 is 0 Å². The van der Waals surface area contributed by atoms with Crippen molar-refractivity contribution in [2.45, 2.75) is 32.7 Å². The third-order valence-electron chi connectivity index (χ3n) is 4.50.